The summed E-state index contributed by atoms with van der Waals surface area (Å²) in [5, 5.41) is 4.16. The average Bonchev–Trinajstić information content (AvgIpc) is 2.61. The Kier molecular flexibility index (Phi) is 7.64. The molecule has 0 heterocycles. The van der Waals surface area contributed by atoms with Crippen LogP contribution in [0, 0.1) is 0 Å². The molecule has 4 nitrogen and oxygen atoms in total. The van der Waals surface area contributed by atoms with E-state index in [4.69, 9.17) is 23.2 Å². The van der Waals surface area contributed by atoms with Crippen LogP contribution in [-0.2, 0) is 4.79 Å². The molecule has 6 heteroatoms. The third kappa shape index (κ3) is 6.13. The maximum Gasteiger partial charge on any atom is 0.220 e. The minimum atomic E-state index is -0.145. The minimum absolute atomic E-state index is 0.0307. The molecule has 138 valence electrons. The summed E-state index contributed by atoms with van der Waals surface area (Å²) in [6.45, 7) is 0.461. The number of likely N-dealkylation sites (N-methyl/N-ethyl adjacent to an activating group) is 1. The zero-order valence-electron chi connectivity index (χ0n) is 14.8. The molecule has 2 aromatic carbocycles. The van der Waals surface area contributed by atoms with Crippen molar-refractivity contribution in [1.82, 2.24) is 10.2 Å². The summed E-state index contributed by atoms with van der Waals surface area (Å²) in [7, 11) is 3.91. The van der Waals surface area contributed by atoms with E-state index in [9.17, 15) is 9.59 Å². The van der Waals surface area contributed by atoms with Crippen LogP contribution in [0.25, 0.3) is 0 Å². The molecule has 1 amide bonds. The van der Waals surface area contributed by atoms with Crippen molar-refractivity contribution in [2.75, 3.05) is 20.6 Å². The number of amides is 1. The Morgan fingerprint density at radius 1 is 0.923 bits per heavy atom. The molecule has 2 aromatic rings. The van der Waals surface area contributed by atoms with Crippen molar-refractivity contribution in [2.45, 2.75) is 18.9 Å². The highest BCUT2D eigenvalue weighted by molar-refractivity contribution is 6.30. The van der Waals surface area contributed by atoms with Crippen molar-refractivity contribution in [3.63, 3.8) is 0 Å². The minimum Gasteiger partial charge on any atom is -0.354 e. The van der Waals surface area contributed by atoms with Crippen molar-refractivity contribution in [3.8, 4) is 0 Å². The first-order valence-electron chi connectivity index (χ1n) is 8.34. The number of Topliss-reactive ketones (excluding diaryl/α,β-unsaturated/α-hetero) is 1. The molecule has 0 bridgehead atoms. The number of ketones is 1. The Hall–Kier alpha value is -1.88. The summed E-state index contributed by atoms with van der Waals surface area (Å²) in [6, 6.07) is 14.3. The Bertz CT molecular complexity index is 743. The number of hydrogen-bond acceptors (Lipinski definition) is 3. The second-order valence-electron chi connectivity index (χ2n) is 6.27. The molecule has 0 saturated carbocycles. The molecule has 0 saturated heterocycles. The van der Waals surface area contributed by atoms with Crippen molar-refractivity contribution in [3.05, 3.63) is 69.7 Å². The van der Waals surface area contributed by atoms with Gasteiger partial charge in [-0.25, -0.2) is 0 Å². The fourth-order valence-electron chi connectivity index (χ4n) is 2.59. The summed E-state index contributed by atoms with van der Waals surface area (Å²) in [6.07, 6.45) is 0.323. The molecule has 0 spiro atoms. The van der Waals surface area contributed by atoms with E-state index in [0.29, 0.717) is 22.2 Å². The number of hydrogen-bond donors (Lipinski definition) is 1. The third-order valence-corrected chi connectivity index (χ3v) is 4.62. The summed E-state index contributed by atoms with van der Waals surface area (Å²) in [4.78, 5) is 26.3. The summed E-state index contributed by atoms with van der Waals surface area (Å²) < 4.78 is 0. The molecule has 0 aromatic heterocycles. The predicted molar refractivity (Wildman–Crippen MR) is 106 cm³/mol. The molecular formula is C20H22Cl2N2O2. The van der Waals surface area contributed by atoms with Crippen molar-refractivity contribution in [2.24, 2.45) is 0 Å². The molecular weight excluding hydrogens is 371 g/mol. The number of rotatable bonds is 8. The fourth-order valence-corrected chi connectivity index (χ4v) is 2.84. The second-order valence-corrected chi connectivity index (χ2v) is 7.14. The SMILES string of the molecule is CN(C)C(CNC(=O)CCC(=O)c1ccc(Cl)cc1)c1ccc(Cl)cc1. The second kappa shape index (κ2) is 9.72. The highest BCUT2D eigenvalue weighted by Crippen LogP contribution is 2.20. The summed E-state index contributed by atoms with van der Waals surface area (Å²) in [5.41, 5.74) is 1.63. The molecule has 0 aliphatic heterocycles. The topological polar surface area (TPSA) is 49.4 Å². The Morgan fingerprint density at radius 3 is 2.00 bits per heavy atom. The average molecular weight is 393 g/mol. The molecule has 1 atom stereocenters. The molecule has 0 fully saturated rings. The summed E-state index contributed by atoms with van der Waals surface area (Å²) in [5.74, 6) is -0.216. The van der Waals surface area contributed by atoms with E-state index in [1.165, 1.54) is 0 Å². The van der Waals surface area contributed by atoms with Gasteiger partial charge in [0.25, 0.3) is 0 Å². The van der Waals surface area contributed by atoms with Crippen LogP contribution in [0.1, 0.15) is 34.8 Å². The lowest BCUT2D eigenvalue weighted by Crippen LogP contribution is -2.34. The van der Waals surface area contributed by atoms with Gasteiger partial charge in [-0.1, -0.05) is 35.3 Å². The number of nitrogens with one attached hydrogen (secondary N) is 1. The van der Waals surface area contributed by atoms with Crippen LogP contribution in [0.2, 0.25) is 10.0 Å². The first-order valence-corrected chi connectivity index (χ1v) is 9.10. The normalized spacial score (nSPS) is 12.0. The number of benzene rings is 2. The van der Waals surface area contributed by atoms with Crippen molar-refractivity contribution in [1.29, 1.82) is 0 Å². The zero-order chi connectivity index (χ0) is 19.1. The standard InChI is InChI=1S/C20H22Cl2N2O2/c1-24(2)18(14-3-7-16(21)8-4-14)13-23-20(26)12-11-19(25)15-5-9-17(22)10-6-15/h3-10,18H,11-13H2,1-2H3,(H,23,26). The van der Waals surface area contributed by atoms with E-state index in [0.717, 1.165) is 5.56 Å². The number of carbonyl (C=O) groups is 2. The van der Waals surface area contributed by atoms with Crippen LogP contribution in [0.3, 0.4) is 0 Å². The lowest BCUT2D eigenvalue weighted by molar-refractivity contribution is -0.121. The molecule has 1 N–H and O–H groups in total. The number of nitrogens with zero attached hydrogens (tertiary/aromatic N) is 1. The van der Waals surface area contributed by atoms with Gasteiger partial charge in [0.1, 0.15) is 0 Å². The van der Waals surface area contributed by atoms with E-state index in [1.807, 2.05) is 43.3 Å². The lowest BCUT2D eigenvalue weighted by Gasteiger charge is -2.25. The van der Waals surface area contributed by atoms with E-state index in [-0.39, 0.29) is 30.6 Å². The third-order valence-electron chi connectivity index (χ3n) is 4.12. The van der Waals surface area contributed by atoms with Gasteiger partial charge in [-0.2, -0.15) is 0 Å². The van der Waals surface area contributed by atoms with Crippen LogP contribution in [0.4, 0.5) is 0 Å². The molecule has 0 aliphatic rings. The number of carbonyl (C=O) groups excluding carboxylic acids is 2. The zero-order valence-corrected chi connectivity index (χ0v) is 16.3. The predicted octanol–water partition coefficient (Wildman–Crippen LogP) is 4.38. The van der Waals surface area contributed by atoms with Gasteiger partial charge in [0, 0.05) is 35.0 Å². The highest BCUT2D eigenvalue weighted by Gasteiger charge is 2.16. The Balaban J connectivity index is 1.85. The lowest BCUT2D eigenvalue weighted by atomic mass is 10.1. The Labute approximate surface area is 164 Å². The van der Waals surface area contributed by atoms with Gasteiger partial charge in [0.2, 0.25) is 5.91 Å². The van der Waals surface area contributed by atoms with Gasteiger partial charge in [-0.15, -0.1) is 0 Å². The van der Waals surface area contributed by atoms with Crippen LogP contribution in [-0.4, -0.2) is 37.2 Å². The molecule has 0 radical (unpaired) electrons. The van der Waals surface area contributed by atoms with E-state index < -0.39 is 0 Å². The van der Waals surface area contributed by atoms with Crippen molar-refractivity contribution >= 4 is 34.9 Å². The largest absolute Gasteiger partial charge is 0.354 e. The fraction of sp³-hybridized carbons (Fsp3) is 0.300. The van der Waals surface area contributed by atoms with E-state index in [2.05, 4.69) is 5.32 Å². The maximum absolute atomic E-state index is 12.1. The van der Waals surface area contributed by atoms with E-state index in [1.54, 1.807) is 24.3 Å². The molecule has 1 unspecified atom stereocenters. The van der Waals surface area contributed by atoms with Crippen molar-refractivity contribution < 1.29 is 9.59 Å². The van der Waals surface area contributed by atoms with Crippen LogP contribution in [0.5, 0.6) is 0 Å². The van der Waals surface area contributed by atoms with Crippen LogP contribution >= 0.6 is 23.2 Å². The smallest absolute Gasteiger partial charge is 0.220 e. The van der Waals surface area contributed by atoms with Gasteiger partial charge in [-0.05, 0) is 56.1 Å². The monoisotopic (exact) mass is 392 g/mol. The van der Waals surface area contributed by atoms with Gasteiger partial charge >= 0.3 is 0 Å². The van der Waals surface area contributed by atoms with E-state index >= 15 is 0 Å². The van der Waals surface area contributed by atoms with Crippen LogP contribution in [0.15, 0.2) is 48.5 Å². The molecule has 26 heavy (non-hydrogen) atoms. The van der Waals surface area contributed by atoms with Gasteiger partial charge in [0.15, 0.2) is 5.78 Å². The molecule has 0 aliphatic carbocycles. The molecule has 2 rings (SSSR count). The number of halogens is 2. The van der Waals surface area contributed by atoms with Crippen LogP contribution < -0.4 is 5.32 Å². The Morgan fingerprint density at radius 2 is 1.46 bits per heavy atom. The summed E-state index contributed by atoms with van der Waals surface area (Å²) >= 11 is 11.7. The first-order chi connectivity index (χ1) is 12.4. The quantitative estimate of drug-likeness (QED) is 0.678. The van der Waals surface area contributed by atoms with Gasteiger partial charge in [0.05, 0.1) is 6.04 Å². The highest BCUT2D eigenvalue weighted by atomic mass is 35.5. The maximum atomic E-state index is 12.1. The van der Waals surface area contributed by atoms with Gasteiger partial charge in [-0.3, -0.25) is 9.59 Å². The van der Waals surface area contributed by atoms with Gasteiger partial charge < -0.3 is 10.2 Å². The first kappa shape index (κ1) is 20.4.